The third-order valence-electron chi connectivity index (χ3n) is 5.63. The number of aromatic nitrogens is 2. The molecule has 9 heteroatoms. The first-order valence-corrected chi connectivity index (χ1v) is 11.1. The molecule has 0 saturated carbocycles. The molecule has 1 N–H and O–H groups in total. The van der Waals surface area contributed by atoms with Crippen LogP contribution < -0.4 is 14.0 Å². The molecule has 1 aliphatic rings. The Morgan fingerprint density at radius 2 is 2.06 bits per heavy atom. The van der Waals surface area contributed by atoms with Crippen LogP contribution in [-0.2, 0) is 16.1 Å². The van der Waals surface area contributed by atoms with Gasteiger partial charge in [0.15, 0.2) is 5.78 Å². The Kier molecular flexibility index (Phi) is 6.36. The lowest BCUT2D eigenvalue weighted by Gasteiger charge is -2.28. The van der Waals surface area contributed by atoms with Crippen LogP contribution in [0.2, 0.25) is 0 Å². The Labute approximate surface area is 189 Å². The van der Waals surface area contributed by atoms with Gasteiger partial charge in [-0.3, -0.25) is 19.4 Å². The smallest absolute Gasteiger partial charge is 0.291 e. The molecule has 2 atom stereocenters. The summed E-state index contributed by atoms with van der Waals surface area (Å²) >= 11 is 1.26. The van der Waals surface area contributed by atoms with Crippen molar-refractivity contribution < 1.29 is 28.4 Å². The molecule has 1 fully saturated rings. The Hall–Kier alpha value is -3.46. The summed E-state index contributed by atoms with van der Waals surface area (Å²) in [6.45, 7) is 0.994. The zero-order chi connectivity index (χ0) is 22.7. The van der Waals surface area contributed by atoms with Crippen molar-refractivity contribution in [1.29, 1.82) is 0 Å². The van der Waals surface area contributed by atoms with Gasteiger partial charge in [-0.25, -0.2) is 4.57 Å². The normalized spacial score (nSPS) is 18.2. The van der Waals surface area contributed by atoms with Gasteiger partial charge in [0.05, 0.1) is 31.7 Å². The summed E-state index contributed by atoms with van der Waals surface area (Å²) in [5.41, 5.74) is 0.608. The van der Waals surface area contributed by atoms with Gasteiger partial charge in [-0.2, -0.15) is 0 Å². The second-order valence-corrected chi connectivity index (χ2v) is 8.39. The lowest BCUT2D eigenvalue weighted by Crippen LogP contribution is -2.36. The number of ether oxygens (including phenoxy) is 2. The van der Waals surface area contributed by atoms with Crippen molar-refractivity contribution in [2.45, 2.75) is 19.0 Å². The Bertz CT molecular complexity index is 1110. The van der Waals surface area contributed by atoms with Crippen LogP contribution in [0.25, 0.3) is 0 Å². The number of methoxy groups -OCH3 is 2. The molecule has 2 aromatic heterocycles. The second-order valence-electron chi connectivity index (χ2n) is 7.44. The molecule has 0 bridgehead atoms. The maximum atomic E-state index is 13.3. The third kappa shape index (κ3) is 4.03. The average molecular weight is 455 g/mol. The van der Waals surface area contributed by atoms with Crippen LogP contribution in [0.15, 0.2) is 54.4 Å². The van der Waals surface area contributed by atoms with E-state index in [0.717, 1.165) is 0 Å². The first-order chi connectivity index (χ1) is 15.5. The molecule has 0 spiro atoms. The van der Waals surface area contributed by atoms with Gasteiger partial charge >= 0.3 is 0 Å². The van der Waals surface area contributed by atoms with E-state index in [-0.39, 0.29) is 5.78 Å². The van der Waals surface area contributed by atoms with Gasteiger partial charge in [-0.05, 0) is 23.6 Å². The van der Waals surface area contributed by atoms with Crippen LogP contribution >= 0.6 is 11.3 Å². The molecule has 0 radical (unpaired) electrons. The Morgan fingerprint density at radius 1 is 1.22 bits per heavy atom. The van der Waals surface area contributed by atoms with E-state index < -0.39 is 23.7 Å². The van der Waals surface area contributed by atoms with Crippen LogP contribution in [0.4, 0.5) is 0 Å². The topological polar surface area (TPSA) is 92.6 Å². The zero-order valence-electron chi connectivity index (χ0n) is 17.8. The predicted molar refractivity (Wildman–Crippen MR) is 117 cm³/mol. The number of carbonyl (C=O) groups is 3. The van der Waals surface area contributed by atoms with Crippen molar-refractivity contribution >= 4 is 28.8 Å². The summed E-state index contributed by atoms with van der Waals surface area (Å²) in [5.74, 6) is -1.74. The van der Waals surface area contributed by atoms with E-state index in [4.69, 9.17) is 9.47 Å². The van der Waals surface area contributed by atoms with Crippen molar-refractivity contribution in [3.05, 3.63) is 64.9 Å². The largest absolute Gasteiger partial charge is 0.497 e. The van der Waals surface area contributed by atoms with Crippen LogP contribution in [-0.4, -0.2) is 48.1 Å². The highest BCUT2D eigenvalue weighted by Gasteiger charge is 2.52. The maximum Gasteiger partial charge on any atom is 0.291 e. The van der Waals surface area contributed by atoms with Gasteiger partial charge < -0.3 is 14.4 Å². The maximum absolute atomic E-state index is 13.3. The van der Waals surface area contributed by atoms with E-state index >= 15 is 0 Å². The predicted octanol–water partition coefficient (Wildman–Crippen LogP) is 2.42. The number of hydrogen-bond acceptors (Lipinski definition) is 6. The number of Topliss-reactive ketones (excluding diaryl/α,β-unsaturated/α-hetero) is 2. The second kappa shape index (κ2) is 9.35. The van der Waals surface area contributed by atoms with E-state index in [9.17, 15) is 14.4 Å². The van der Waals surface area contributed by atoms with E-state index in [0.29, 0.717) is 41.4 Å². The van der Waals surface area contributed by atoms with Gasteiger partial charge in [-0.1, -0.05) is 6.07 Å². The van der Waals surface area contributed by atoms with Crippen molar-refractivity contribution in [2.24, 2.45) is 5.92 Å². The zero-order valence-corrected chi connectivity index (χ0v) is 18.6. The monoisotopic (exact) mass is 454 g/mol. The van der Waals surface area contributed by atoms with E-state index in [1.807, 2.05) is 23.3 Å². The highest BCUT2D eigenvalue weighted by Crippen LogP contribution is 2.43. The molecule has 1 amide bonds. The molecule has 3 heterocycles. The minimum atomic E-state index is -1.12. The van der Waals surface area contributed by atoms with Crippen LogP contribution in [0, 0.1) is 5.92 Å². The number of aryl methyl sites for hydroxylation is 1. The number of rotatable bonds is 9. The molecule has 166 valence electrons. The number of nitrogens with zero attached hydrogens (tertiary/aromatic N) is 2. The summed E-state index contributed by atoms with van der Waals surface area (Å²) in [4.78, 5) is 44.4. The number of aromatic amines is 1. The number of carbonyl (C=O) groups excluding carboxylic acids is 3. The summed E-state index contributed by atoms with van der Waals surface area (Å²) in [7, 11) is 3.06. The molecule has 4 rings (SSSR count). The first kappa shape index (κ1) is 21.8. The number of likely N-dealkylation sites (tertiary alicyclic amines) is 1. The number of imidazole rings is 1. The molecule has 1 aromatic carbocycles. The highest BCUT2D eigenvalue weighted by atomic mass is 32.1. The lowest BCUT2D eigenvalue weighted by molar-refractivity contribution is -0.695. The molecule has 2 unspecified atom stereocenters. The minimum Gasteiger partial charge on any atom is -0.497 e. The standard InChI is InChI=1S/C23H23N3O5S/c1-30-15-6-7-16(17(13-15)31-2)20-19(21(27)18-5-3-12-32-18)22(28)23(29)26(20)10-4-9-25-11-8-24-14-25/h3,5-8,11-14,19-20H,4,9-10H2,1-2H3/p+1. The lowest BCUT2D eigenvalue weighted by atomic mass is 9.88. The Morgan fingerprint density at radius 3 is 2.72 bits per heavy atom. The van der Waals surface area contributed by atoms with Gasteiger partial charge in [-0.15, -0.1) is 11.3 Å². The average Bonchev–Trinajstić information content (AvgIpc) is 3.57. The Balaban J connectivity index is 1.71. The molecule has 3 aromatic rings. The minimum absolute atomic E-state index is 0.330. The van der Waals surface area contributed by atoms with E-state index in [2.05, 4.69) is 4.98 Å². The molecule has 8 nitrogen and oxygen atoms in total. The van der Waals surface area contributed by atoms with Crippen molar-refractivity contribution in [2.75, 3.05) is 20.8 Å². The SMILES string of the molecule is COc1ccc(C2C(C(=O)c3cccs3)C(=O)C(=O)N2CCC[n+]2cc[nH]c2)c(OC)c1. The molecular weight excluding hydrogens is 430 g/mol. The van der Waals surface area contributed by atoms with Crippen LogP contribution in [0.1, 0.15) is 27.7 Å². The number of thiophene rings is 1. The number of ketones is 2. The van der Waals surface area contributed by atoms with E-state index in [1.54, 1.807) is 42.8 Å². The number of H-pyrrole nitrogens is 1. The number of amides is 1. The molecule has 1 aliphatic heterocycles. The van der Waals surface area contributed by atoms with Crippen LogP contribution in [0.5, 0.6) is 11.5 Å². The summed E-state index contributed by atoms with van der Waals surface area (Å²) in [6, 6.07) is 7.89. The van der Waals surface area contributed by atoms with Gasteiger partial charge in [0.1, 0.15) is 29.8 Å². The molecule has 1 saturated heterocycles. The van der Waals surface area contributed by atoms with Crippen molar-refractivity contribution in [1.82, 2.24) is 9.88 Å². The van der Waals surface area contributed by atoms with Crippen molar-refractivity contribution in [3.8, 4) is 11.5 Å². The van der Waals surface area contributed by atoms with E-state index in [1.165, 1.54) is 23.3 Å². The highest BCUT2D eigenvalue weighted by molar-refractivity contribution is 7.12. The molecular formula is C23H24N3O5S+. The fourth-order valence-corrected chi connectivity index (χ4v) is 4.80. The first-order valence-electron chi connectivity index (χ1n) is 10.2. The van der Waals surface area contributed by atoms with Gasteiger partial charge in [0.25, 0.3) is 5.91 Å². The molecule has 0 aliphatic carbocycles. The quantitative estimate of drug-likeness (QED) is 0.232. The van der Waals surface area contributed by atoms with Gasteiger partial charge in [0.2, 0.25) is 12.1 Å². The van der Waals surface area contributed by atoms with Crippen molar-refractivity contribution in [3.63, 3.8) is 0 Å². The van der Waals surface area contributed by atoms with Gasteiger partial charge in [0, 0.05) is 24.6 Å². The number of hydrogen-bond donors (Lipinski definition) is 1. The number of benzene rings is 1. The summed E-state index contributed by atoms with van der Waals surface area (Å²) < 4.78 is 12.8. The fourth-order valence-electron chi connectivity index (χ4n) is 4.09. The third-order valence-corrected chi connectivity index (χ3v) is 6.51. The van der Waals surface area contributed by atoms with Crippen LogP contribution in [0.3, 0.4) is 0 Å². The number of nitrogens with one attached hydrogen (secondary N) is 1. The molecule has 32 heavy (non-hydrogen) atoms. The summed E-state index contributed by atoms with van der Waals surface area (Å²) in [6.07, 6.45) is 6.15. The fraction of sp³-hybridized carbons (Fsp3) is 0.304. The summed E-state index contributed by atoms with van der Waals surface area (Å²) in [5, 5.41) is 1.78.